The highest BCUT2D eigenvalue weighted by molar-refractivity contribution is 6.06. The van der Waals surface area contributed by atoms with Crippen molar-refractivity contribution in [2.45, 2.75) is 0 Å². The predicted molar refractivity (Wildman–Crippen MR) is 177 cm³/mol. The van der Waals surface area contributed by atoms with Gasteiger partial charge in [0.05, 0.1) is 0 Å². The normalized spacial score (nSPS) is 12.1. The summed E-state index contributed by atoms with van der Waals surface area (Å²) in [6.07, 6.45) is 8.63. The molecule has 8 rings (SSSR count). The van der Waals surface area contributed by atoms with Crippen LogP contribution >= 0.6 is 0 Å². The number of rotatable bonds is 5. The van der Waals surface area contributed by atoms with Crippen LogP contribution in [0.4, 0.5) is 0 Å². The average Bonchev–Trinajstić information content (AvgIpc) is 3.61. The molecule has 0 radical (unpaired) electrons. The summed E-state index contributed by atoms with van der Waals surface area (Å²) in [6.45, 7) is 0. The number of furan rings is 2. The largest absolute Gasteiger partial charge is 0.456 e. The standard InChI is InChI=1S/C40H26O2/c1-3-7-37-33(5-1)35-25-29(17-23-39(35)41-37)11-9-27-13-19-31(20-14-27)32-21-15-28(16-22-32)10-12-30-18-24-40-36(26-30)34-6-2-4-8-38(34)42-40/h1-26H/b11-9+,12-10+. The third-order valence-corrected chi connectivity index (χ3v) is 7.89. The van der Waals surface area contributed by atoms with Crippen LogP contribution in [0, 0.1) is 0 Å². The van der Waals surface area contributed by atoms with Crippen molar-refractivity contribution in [2.24, 2.45) is 0 Å². The van der Waals surface area contributed by atoms with Gasteiger partial charge < -0.3 is 8.83 Å². The van der Waals surface area contributed by atoms with E-state index < -0.39 is 0 Å². The van der Waals surface area contributed by atoms with Gasteiger partial charge in [0, 0.05) is 21.5 Å². The molecule has 2 aromatic heterocycles. The molecule has 6 aromatic carbocycles. The summed E-state index contributed by atoms with van der Waals surface area (Å²) in [4.78, 5) is 0. The first-order chi connectivity index (χ1) is 20.8. The molecule has 42 heavy (non-hydrogen) atoms. The van der Waals surface area contributed by atoms with E-state index in [-0.39, 0.29) is 0 Å². The third-order valence-electron chi connectivity index (χ3n) is 7.89. The number of benzene rings is 6. The number of fused-ring (bicyclic) bond motifs is 6. The molecule has 0 aliphatic heterocycles. The molecule has 198 valence electrons. The van der Waals surface area contributed by atoms with Gasteiger partial charge in [-0.3, -0.25) is 0 Å². The molecule has 0 unspecified atom stereocenters. The lowest BCUT2D eigenvalue weighted by atomic mass is 10.0. The number of hydrogen-bond donors (Lipinski definition) is 0. The summed E-state index contributed by atoms with van der Waals surface area (Å²) >= 11 is 0. The zero-order chi connectivity index (χ0) is 27.9. The average molecular weight is 539 g/mol. The second-order valence-electron chi connectivity index (χ2n) is 10.6. The maximum atomic E-state index is 5.96. The van der Waals surface area contributed by atoms with E-state index in [0.717, 1.165) is 66.1 Å². The fourth-order valence-electron chi connectivity index (χ4n) is 5.65. The van der Waals surface area contributed by atoms with Crippen molar-refractivity contribution in [3.63, 3.8) is 0 Å². The molecule has 8 aromatic rings. The summed E-state index contributed by atoms with van der Waals surface area (Å²) in [5, 5.41) is 4.60. The molecule has 2 heterocycles. The maximum Gasteiger partial charge on any atom is 0.135 e. The number of hydrogen-bond acceptors (Lipinski definition) is 2. The summed E-state index contributed by atoms with van der Waals surface area (Å²) in [5.74, 6) is 0. The van der Waals surface area contributed by atoms with E-state index >= 15 is 0 Å². The molecule has 0 saturated heterocycles. The van der Waals surface area contributed by atoms with Gasteiger partial charge in [-0.05, 0) is 69.8 Å². The van der Waals surface area contributed by atoms with Gasteiger partial charge in [-0.15, -0.1) is 0 Å². The molecule has 0 atom stereocenters. The van der Waals surface area contributed by atoms with Crippen LogP contribution in [0.5, 0.6) is 0 Å². The molecule has 0 fully saturated rings. The monoisotopic (exact) mass is 538 g/mol. The van der Waals surface area contributed by atoms with Crippen LogP contribution in [-0.4, -0.2) is 0 Å². The molecule has 0 amide bonds. The Morgan fingerprint density at radius 2 is 0.667 bits per heavy atom. The molecule has 0 saturated carbocycles. The highest BCUT2D eigenvalue weighted by Crippen LogP contribution is 2.31. The first kappa shape index (κ1) is 24.2. The Balaban J connectivity index is 0.972. The van der Waals surface area contributed by atoms with E-state index in [4.69, 9.17) is 8.83 Å². The first-order valence-corrected chi connectivity index (χ1v) is 14.2. The summed E-state index contributed by atoms with van der Waals surface area (Å²) in [5.41, 5.74) is 10.7. The summed E-state index contributed by atoms with van der Waals surface area (Å²) in [6, 6.07) is 46.5. The quantitative estimate of drug-likeness (QED) is 0.204. The van der Waals surface area contributed by atoms with E-state index in [2.05, 4.69) is 133 Å². The van der Waals surface area contributed by atoms with Gasteiger partial charge in [0.1, 0.15) is 22.3 Å². The zero-order valence-corrected chi connectivity index (χ0v) is 22.8. The van der Waals surface area contributed by atoms with Gasteiger partial charge in [-0.25, -0.2) is 0 Å². The minimum absolute atomic E-state index is 0.920. The van der Waals surface area contributed by atoms with Gasteiger partial charge >= 0.3 is 0 Å². The first-order valence-electron chi connectivity index (χ1n) is 14.2. The Bertz CT molecular complexity index is 2110. The van der Waals surface area contributed by atoms with Crippen LogP contribution in [0.25, 0.3) is 79.3 Å². The van der Waals surface area contributed by atoms with Crippen LogP contribution < -0.4 is 0 Å². The van der Waals surface area contributed by atoms with Gasteiger partial charge in [0.2, 0.25) is 0 Å². The SMILES string of the molecule is C(=C\c1ccc2oc3ccccc3c2c1)/c1ccc(-c2ccc(/C=C/c3ccc4oc5ccccc5c4c3)cc2)cc1. The van der Waals surface area contributed by atoms with E-state index in [1.165, 1.54) is 11.1 Å². The van der Waals surface area contributed by atoms with E-state index in [9.17, 15) is 0 Å². The minimum Gasteiger partial charge on any atom is -0.456 e. The second-order valence-corrected chi connectivity index (χ2v) is 10.6. The van der Waals surface area contributed by atoms with Gasteiger partial charge in [0.25, 0.3) is 0 Å². The Kier molecular flexibility index (Phi) is 5.82. The molecule has 2 nitrogen and oxygen atoms in total. The molecular formula is C40H26O2. The van der Waals surface area contributed by atoms with Crippen LogP contribution in [0.15, 0.2) is 142 Å². The molecule has 0 bridgehead atoms. The molecule has 0 aliphatic rings. The summed E-state index contributed by atoms with van der Waals surface area (Å²) in [7, 11) is 0. The minimum atomic E-state index is 0.920. The van der Waals surface area contributed by atoms with Crippen molar-refractivity contribution in [3.8, 4) is 11.1 Å². The highest BCUT2D eigenvalue weighted by Gasteiger charge is 2.07. The molecule has 0 spiro atoms. The topological polar surface area (TPSA) is 26.3 Å². The molecule has 2 heteroatoms. The van der Waals surface area contributed by atoms with Crippen molar-refractivity contribution in [1.29, 1.82) is 0 Å². The lowest BCUT2D eigenvalue weighted by Gasteiger charge is -2.04. The van der Waals surface area contributed by atoms with Crippen molar-refractivity contribution in [3.05, 3.63) is 156 Å². The smallest absolute Gasteiger partial charge is 0.135 e. The lowest BCUT2D eigenvalue weighted by Crippen LogP contribution is -1.80. The van der Waals surface area contributed by atoms with E-state index in [1.54, 1.807) is 0 Å². The van der Waals surface area contributed by atoms with Crippen LogP contribution in [0.2, 0.25) is 0 Å². The van der Waals surface area contributed by atoms with Crippen molar-refractivity contribution < 1.29 is 8.83 Å². The van der Waals surface area contributed by atoms with Crippen LogP contribution in [-0.2, 0) is 0 Å². The maximum absolute atomic E-state index is 5.96. The highest BCUT2D eigenvalue weighted by atomic mass is 16.3. The summed E-state index contributed by atoms with van der Waals surface area (Å²) < 4.78 is 11.9. The zero-order valence-electron chi connectivity index (χ0n) is 22.8. The van der Waals surface area contributed by atoms with Crippen molar-refractivity contribution in [2.75, 3.05) is 0 Å². The Hall–Kier alpha value is -5.60. The predicted octanol–water partition coefficient (Wildman–Crippen LogP) is 11.5. The molecule has 0 aliphatic carbocycles. The van der Waals surface area contributed by atoms with Gasteiger partial charge in [-0.1, -0.05) is 121 Å². The van der Waals surface area contributed by atoms with E-state index in [1.807, 2.05) is 24.3 Å². The van der Waals surface area contributed by atoms with Crippen LogP contribution in [0.3, 0.4) is 0 Å². The number of para-hydroxylation sites is 2. The molecular weight excluding hydrogens is 512 g/mol. The van der Waals surface area contributed by atoms with Gasteiger partial charge in [-0.2, -0.15) is 0 Å². The van der Waals surface area contributed by atoms with E-state index in [0.29, 0.717) is 0 Å². The van der Waals surface area contributed by atoms with Crippen molar-refractivity contribution >= 4 is 68.2 Å². The fourth-order valence-corrected chi connectivity index (χ4v) is 5.65. The second kappa shape index (κ2) is 10.1. The Morgan fingerprint density at radius 1 is 0.310 bits per heavy atom. The lowest BCUT2D eigenvalue weighted by molar-refractivity contribution is 0.668. The van der Waals surface area contributed by atoms with Crippen molar-refractivity contribution in [1.82, 2.24) is 0 Å². The third kappa shape index (κ3) is 4.49. The Labute approximate surface area is 243 Å². The fraction of sp³-hybridized carbons (Fsp3) is 0. The Morgan fingerprint density at radius 3 is 1.12 bits per heavy atom. The van der Waals surface area contributed by atoms with Gasteiger partial charge in [0.15, 0.2) is 0 Å². The van der Waals surface area contributed by atoms with Crippen LogP contribution in [0.1, 0.15) is 22.3 Å². The molecule has 0 N–H and O–H groups in total.